The Hall–Kier alpha value is -2.58. The van der Waals surface area contributed by atoms with Gasteiger partial charge in [0.25, 0.3) is 0 Å². The van der Waals surface area contributed by atoms with Gasteiger partial charge in [0.2, 0.25) is 10.0 Å². The highest BCUT2D eigenvalue weighted by molar-refractivity contribution is 7.89. The first-order chi connectivity index (χ1) is 11.8. The van der Waals surface area contributed by atoms with Crippen LogP contribution in [-0.4, -0.2) is 17.8 Å². The average molecular weight is 357 g/mol. The second-order valence-corrected chi connectivity index (χ2v) is 7.66. The lowest BCUT2D eigenvalue weighted by molar-refractivity contribution is 0.598. The lowest BCUT2D eigenvalue weighted by Gasteiger charge is -2.02. The van der Waals surface area contributed by atoms with Gasteiger partial charge in [-0.15, -0.1) is 10.2 Å². The molecule has 2 heterocycles. The number of azo groups is 1. The van der Waals surface area contributed by atoms with Crippen molar-refractivity contribution in [2.45, 2.75) is 31.6 Å². The molecule has 130 valence electrons. The zero-order valence-corrected chi connectivity index (χ0v) is 15.0. The Morgan fingerprint density at radius 1 is 1.12 bits per heavy atom. The molecule has 0 atom stereocenters. The fraction of sp³-hybridized carbons (Fsp3) is 0.235. The monoisotopic (exact) mass is 357 g/mol. The molecule has 2 aromatic heterocycles. The van der Waals surface area contributed by atoms with E-state index in [0.29, 0.717) is 11.5 Å². The minimum Gasteiger partial charge on any atom is -0.283 e. The smallest absolute Gasteiger partial charge is 0.238 e. The highest BCUT2D eigenvalue weighted by Crippen LogP contribution is 2.30. The van der Waals surface area contributed by atoms with Crippen molar-refractivity contribution in [3.8, 4) is 0 Å². The first kappa shape index (κ1) is 17.2. The number of aryl methyl sites for hydroxylation is 1. The van der Waals surface area contributed by atoms with E-state index in [2.05, 4.69) is 29.1 Å². The summed E-state index contributed by atoms with van der Waals surface area (Å²) in [7, 11) is -3.72. The Morgan fingerprint density at radius 3 is 2.40 bits per heavy atom. The molecule has 0 aliphatic rings. The largest absolute Gasteiger partial charge is 0.283 e. The minimum atomic E-state index is -3.72. The van der Waals surface area contributed by atoms with Crippen LogP contribution >= 0.6 is 0 Å². The van der Waals surface area contributed by atoms with Crippen LogP contribution in [-0.2, 0) is 10.0 Å². The fourth-order valence-corrected chi connectivity index (χ4v) is 3.02. The van der Waals surface area contributed by atoms with Crippen molar-refractivity contribution < 1.29 is 8.42 Å². The average Bonchev–Trinajstić information content (AvgIpc) is 2.93. The first-order valence-electron chi connectivity index (χ1n) is 7.79. The van der Waals surface area contributed by atoms with Crippen molar-refractivity contribution >= 4 is 27.2 Å². The predicted molar refractivity (Wildman–Crippen MR) is 96.0 cm³/mol. The Labute approximate surface area is 146 Å². The van der Waals surface area contributed by atoms with Crippen molar-refractivity contribution in [1.29, 1.82) is 0 Å². The molecule has 0 amide bonds. The van der Waals surface area contributed by atoms with Gasteiger partial charge in [0.05, 0.1) is 16.3 Å². The summed E-state index contributed by atoms with van der Waals surface area (Å²) in [5, 5.41) is 13.7. The van der Waals surface area contributed by atoms with Crippen molar-refractivity contribution in [1.82, 2.24) is 9.38 Å². The second kappa shape index (κ2) is 6.38. The molecule has 25 heavy (non-hydrogen) atoms. The molecule has 1 aromatic carbocycles. The number of rotatable bonds is 4. The standard InChI is InChI=1S/C17H19N5O2S/c1-11(2)15-17(22-10-4-5-12(3)16(22)19-15)21-20-13-6-8-14(9-7-13)25(18,23)24/h4-11H,1-3H3,(H2,18,23,24). The van der Waals surface area contributed by atoms with Gasteiger partial charge >= 0.3 is 0 Å². The van der Waals surface area contributed by atoms with Crippen LogP contribution in [0.1, 0.15) is 31.0 Å². The van der Waals surface area contributed by atoms with Gasteiger partial charge in [-0.25, -0.2) is 18.5 Å². The van der Waals surface area contributed by atoms with Crippen LogP contribution in [0.5, 0.6) is 0 Å². The maximum atomic E-state index is 11.3. The summed E-state index contributed by atoms with van der Waals surface area (Å²) in [6.07, 6.45) is 1.90. The van der Waals surface area contributed by atoms with Crippen LogP contribution in [0.25, 0.3) is 5.65 Å². The molecule has 0 aliphatic heterocycles. The van der Waals surface area contributed by atoms with Gasteiger partial charge in [-0.1, -0.05) is 19.9 Å². The highest BCUT2D eigenvalue weighted by atomic mass is 32.2. The molecule has 0 saturated carbocycles. The van der Waals surface area contributed by atoms with Crippen molar-refractivity contribution in [3.05, 3.63) is 53.9 Å². The zero-order chi connectivity index (χ0) is 18.2. The Morgan fingerprint density at radius 2 is 1.80 bits per heavy atom. The molecule has 3 aromatic rings. The number of hydrogen-bond donors (Lipinski definition) is 1. The maximum Gasteiger partial charge on any atom is 0.238 e. The molecule has 7 nitrogen and oxygen atoms in total. The van der Waals surface area contributed by atoms with Crippen LogP contribution in [0, 0.1) is 6.92 Å². The van der Waals surface area contributed by atoms with Gasteiger partial charge in [-0.2, -0.15) is 0 Å². The van der Waals surface area contributed by atoms with E-state index in [-0.39, 0.29) is 10.8 Å². The van der Waals surface area contributed by atoms with E-state index in [1.54, 1.807) is 12.1 Å². The van der Waals surface area contributed by atoms with Gasteiger partial charge < -0.3 is 0 Å². The molecule has 0 spiro atoms. The number of nitrogens with zero attached hydrogens (tertiary/aromatic N) is 4. The molecular formula is C17H19N5O2S. The van der Waals surface area contributed by atoms with Gasteiger partial charge in [0, 0.05) is 6.20 Å². The second-order valence-electron chi connectivity index (χ2n) is 6.10. The number of imidazole rings is 1. The molecule has 8 heteroatoms. The molecular weight excluding hydrogens is 338 g/mol. The third kappa shape index (κ3) is 3.45. The van der Waals surface area contributed by atoms with Gasteiger partial charge in [0.15, 0.2) is 5.82 Å². The molecule has 0 saturated heterocycles. The third-order valence-corrected chi connectivity index (χ3v) is 4.75. The summed E-state index contributed by atoms with van der Waals surface area (Å²) in [5.41, 5.74) is 3.30. The molecule has 0 radical (unpaired) electrons. The molecule has 0 fully saturated rings. The number of aromatic nitrogens is 2. The molecule has 2 N–H and O–H groups in total. The summed E-state index contributed by atoms with van der Waals surface area (Å²) in [6, 6.07) is 9.88. The van der Waals surface area contributed by atoms with Gasteiger partial charge in [-0.3, -0.25) is 4.40 Å². The summed E-state index contributed by atoms with van der Waals surface area (Å²) in [5.74, 6) is 0.863. The van der Waals surface area contributed by atoms with E-state index in [0.717, 1.165) is 16.9 Å². The molecule has 0 bridgehead atoms. The Kier molecular flexibility index (Phi) is 4.40. The third-order valence-electron chi connectivity index (χ3n) is 3.82. The minimum absolute atomic E-state index is 0.0414. The van der Waals surface area contributed by atoms with E-state index in [1.807, 2.05) is 29.7 Å². The number of fused-ring (bicyclic) bond motifs is 1. The van der Waals surface area contributed by atoms with E-state index in [4.69, 9.17) is 5.14 Å². The number of primary sulfonamides is 1. The van der Waals surface area contributed by atoms with E-state index < -0.39 is 10.0 Å². The Bertz CT molecular complexity index is 1050. The van der Waals surface area contributed by atoms with Crippen LogP contribution in [0.4, 0.5) is 11.5 Å². The number of nitrogens with two attached hydrogens (primary N) is 1. The quantitative estimate of drug-likeness (QED) is 0.718. The van der Waals surface area contributed by atoms with E-state index in [9.17, 15) is 8.42 Å². The number of benzene rings is 1. The highest BCUT2D eigenvalue weighted by Gasteiger charge is 2.16. The van der Waals surface area contributed by atoms with Crippen molar-refractivity contribution in [3.63, 3.8) is 0 Å². The topological polar surface area (TPSA) is 102 Å². The van der Waals surface area contributed by atoms with Crippen LogP contribution in [0.3, 0.4) is 0 Å². The van der Waals surface area contributed by atoms with E-state index >= 15 is 0 Å². The summed E-state index contributed by atoms with van der Waals surface area (Å²) in [4.78, 5) is 4.73. The Balaban J connectivity index is 2.04. The van der Waals surface area contributed by atoms with Crippen LogP contribution < -0.4 is 5.14 Å². The molecule has 0 aliphatic carbocycles. The predicted octanol–water partition coefficient (Wildman–Crippen LogP) is 3.83. The summed E-state index contributed by atoms with van der Waals surface area (Å²) in [6.45, 7) is 6.10. The number of pyridine rings is 1. The van der Waals surface area contributed by atoms with Crippen molar-refractivity contribution in [2.75, 3.05) is 0 Å². The summed E-state index contributed by atoms with van der Waals surface area (Å²) >= 11 is 0. The fourth-order valence-electron chi connectivity index (χ4n) is 2.50. The normalized spacial score (nSPS) is 12.5. The molecule has 3 rings (SSSR count). The lowest BCUT2D eigenvalue weighted by atomic mass is 10.1. The first-order valence-corrected chi connectivity index (χ1v) is 9.34. The molecule has 0 unspecified atom stereocenters. The SMILES string of the molecule is Cc1cccn2c(N=Nc3ccc(S(N)(=O)=O)cc3)c(C(C)C)nc12. The van der Waals surface area contributed by atoms with Crippen molar-refractivity contribution in [2.24, 2.45) is 15.4 Å². The number of hydrogen-bond acceptors (Lipinski definition) is 5. The summed E-state index contributed by atoms with van der Waals surface area (Å²) < 4.78 is 24.5. The van der Waals surface area contributed by atoms with Crippen LogP contribution in [0.2, 0.25) is 0 Å². The van der Waals surface area contributed by atoms with Crippen LogP contribution in [0.15, 0.2) is 57.7 Å². The number of sulfonamides is 1. The maximum absolute atomic E-state index is 11.3. The van der Waals surface area contributed by atoms with E-state index in [1.165, 1.54) is 12.1 Å². The zero-order valence-electron chi connectivity index (χ0n) is 14.2. The lowest BCUT2D eigenvalue weighted by Crippen LogP contribution is -2.11. The van der Waals surface area contributed by atoms with Gasteiger partial charge in [0.1, 0.15) is 5.65 Å². The van der Waals surface area contributed by atoms with Gasteiger partial charge in [-0.05, 0) is 48.7 Å².